The summed E-state index contributed by atoms with van der Waals surface area (Å²) in [7, 11) is 0. The highest BCUT2D eigenvalue weighted by Gasteiger charge is 2.30. The second-order valence-corrected chi connectivity index (χ2v) is 12.4. The summed E-state index contributed by atoms with van der Waals surface area (Å²) in [5.74, 6) is -4.07. The van der Waals surface area contributed by atoms with Gasteiger partial charge in [-0.05, 0) is 112 Å². The van der Waals surface area contributed by atoms with Crippen molar-refractivity contribution >= 4 is 35.0 Å². The topological polar surface area (TPSA) is 101 Å². The van der Waals surface area contributed by atoms with Crippen LogP contribution >= 0.6 is 11.6 Å². The zero-order valence-corrected chi connectivity index (χ0v) is 27.3. The molecule has 2 aromatic rings. The zero-order chi connectivity index (χ0) is 32.8. The summed E-state index contributed by atoms with van der Waals surface area (Å²) in [6, 6.07) is 6.10. The first kappa shape index (κ1) is 35.6. The molecule has 2 N–H and O–H groups in total. The van der Waals surface area contributed by atoms with E-state index in [9.17, 15) is 24.3 Å². The van der Waals surface area contributed by atoms with E-state index < -0.39 is 47.6 Å². The van der Waals surface area contributed by atoms with Gasteiger partial charge in [-0.15, -0.1) is 0 Å². The maximum absolute atomic E-state index is 15.4. The molecule has 1 amide bonds. The molecule has 0 heterocycles. The number of hydrogen-bond donors (Lipinski definition) is 2. The Kier molecular flexibility index (Phi) is 12.6. The number of hydrogen-bond acceptors (Lipinski definition) is 4. The Balaban J connectivity index is 2.56. The average Bonchev–Trinajstić information content (AvgIpc) is 2.86. The Bertz CT molecular complexity index is 1460. The molecule has 1 unspecified atom stereocenters. The van der Waals surface area contributed by atoms with Crippen molar-refractivity contribution in [1.82, 2.24) is 5.32 Å². The van der Waals surface area contributed by atoms with Gasteiger partial charge in [-0.1, -0.05) is 48.7 Å². The van der Waals surface area contributed by atoms with Gasteiger partial charge in [-0.3, -0.25) is 19.2 Å². The van der Waals surface area contributed by atoms with Gasteiger partial charge >= 0.3 is 5.97 Å². The molecule has 0 radical (unpaired) electrons. The number of carbonyl (C=O) groups is 4. The number of benzene rings is 2. The summed E-state index contributed by atoms with van der Waals surface area (Å²) in [6.07, 6.45) is 0.885. The van der Waals surface area contributed by atoms with Crippen LogP contribution in [0.25, 0.3) is 11.1 Å². The molecule has 2 aromatic carbocycles. The minimum Gasteiger partial charge on any atom is -0.481 e. The SMILES string of the molecule is CC(=O)/C(=C\C(Cl)=C(C)C)C(=O)C[C@@H](CC(C)C)C(=O)NC(CC(=O)O)c1cc(-c2c(C)cc(C)cc2C)cc(F)c1C. The summed E-state index contributed by atoms with van der Waals surface area (Å²) >= 11 is 6.21. The summed E-state index contributed by atoms with van der Waals surface area (Å²) in [5, 5.41) is 12.8. The fourth-order valence-corrected chi connectivity index (χ4v) is 5.49. The largest absolute Gasteiger partial charge is 0.481 e. The Morgan fingerprint density at radius 2 is 1.53 bits per heavy atom. The monoisotopic (exact) mass is 611 g/mol. The Morgan fingerprint density at radius 1 is 0.953 bits per heavy atom. The number of aliphatic carboxylic acids is 1. The van der Waals surface area contributed by atoms with E-state index in [2.05, 4.69) is 5.32 Å². The molecule has 0 aliphatic heterocycles. The van der Waals surface area contributed by atoms with Crippen LogP contribution in [-0.2, 0) is 19.2 Å². The second kappa shape index (κ2) is 15.2. The number of allylic oxidation sites excluding steroid dienone is 4. The van der Waals surface area contributed by atoms with Crippen LogP contribution in [-0.4, -0.2) is 28.5 Å². The van der Waals surface area contributed by atoms with E-state index in [1.807, 2.05) is 46.8 Å². The molecule has 43 heavy (non-hydrogen) atoms. The highest BCUT2D eigenvalue weighted by atomic mass is 35.5. The van der Waals surface area contributed by atoms with Crippen molar-refractivity contribution in [2.24, 2.45) is 11.8 Å². The van der Waals surface area contributed by atoms with Gasteiger partial charge in [-0.25, -0.2) is 4.39 Å². The lowest BCUT2D eigenvalue weighted by atomic mass is 9.87. The van der Waals surface area contributed by atoms with Gasteiger partial charge in [0.25, 0.3) is 0 Å². The highest BCUT2D eigenvalue weighted by molar-refractivity contribution is 6.33. The van der Waals surface area contributed by atoms with Gasteiger partial charge in [0, 0.05) is 17.4 Å². The minimum atomic E-state index is -1.17. The molecule has 0 bridgehead atoms. The Labute approximate surface area is 259 Å². The van der Waals surface area contributed by atoms with E-state index in [-0.39, 0.29) is 28.5 Å². The third kappa shape index (κ3) is 9.72. The van der Waals surface area contributed by atoms with Gasteiger partial charge in [0.15, 0.2) is 11.6 Å². The summed E-state index contributed by atoms with van der Waals surface area (Å²) in [6.45, 7) is 16.0. The number of aryl methyl sites for hydroxylation is 3. The molecule has 232 valence electrons. The molecule has 2 atom stereocenters. The molecule has 8 heteroatoms. The summed E-state index contributed by atoms with van der Waals surface area (Å²) in [5.41, 5.74) is 5.58. The standard InChI is InChI=1S/C35H43ClFNO5/c1-18(2)10-26(15-32(40)28(24(9)39)16-29(36)19(3)4)35(43)38-31(17-33(41)42)27-13-25(14-30(37)23(27)8)34-21(6)11-20(5)12-22(34)7/h11-14,16,18,26,31H,10,15,17H2,1-9H3,(H,38,43)(H,41,42)/b28-16+/t26-,31?/m1/s1. The predicted octanol–water partition coefficient (Wildman–Crippen LogP) is 8.03. The lowest BCUT2D eigenvalue weighted by Gasteiger charge is -2.25. The van der Waals surface area contributed by atoms with Crippen LogP contribution < -0.4 is 5.32 Å². The van der Waals surface area contributed by atoms with Crippen molar-refractivity contribution in [3.8, 4) is 11.1 Å². The highest BCUT2D eigenvalue weighted by Crippen LogP contribution is 2.34. The maximum atomic E-state index is 15.4. The molecular formula is C35H43ClFNO5. The smallest absolute Gasteiger partial charge is 0.305 e. The third-order valence-corrected chi connectivity index (χ3v) is 7.89. The molecule has 0 fully saturated rings. The van der Waals surface area contributed by atoms with E-state index in [0.717, 1.165) is 27.8 Å². The summed E-state index contributed by atoms with van der Waals surface area (Å²) in [4.78, 5) is 51.2. The number of carbonyl (C=O) groups excluding carboxylic acids is 3. The van der Waals surface area contributed by atoms with Crippen LogP contribution in [0.5, 0.6) is 0 Å². The van der Waals surface area contributed by atoms with E-state index in [0.29, 0.717) is 17.5 Å². The third-order valence-electron chi connectivity index (χ3n) is 7.41. The van der Waals surface area contributed by atoms with Crippen LogP contribution in [0.2, 0.25) is 0 Å². The number of rotatable bonds is 13. The first-order valence-electron chi connectivity index (χ1n) is 14.4. The molecule has 0 spiro atoms. The molecular weight excluding hydrogens is 569 g/mol. The molecule has 6 nitrogen and oxygen atoms in total. The number of amides is 1. The van der Waals surface area contributed by atoms with E-state index in [1.54, 1.807) is 26.8 Å². The zero-order valence-electron chi connectivity index (χ0n) is 26.6. The second-order valence-electron chi connectivity index (χ2n) is 12.0. The van der Waals surface area contributed by atoms with E-state index in [4.69, 9.17) is 11.6 Å². The summed E-state index contributed by atoms with van der Waals surface area (Å²) < 4.78 is 15.4. The van der Waals surface area contributed by atoms with Crippen LogP contribution in [0.15, 0.2) is 46.5 Å². The number of nitrogens with one attached hydrogen (secondary N) is 1. The van der Waals surface area contributed by atoms with Crippen LogP contribution in [0.1, 0.15) is 87.7 Å². The van der Waals surface area contributed by atoms with Crippen LogP contribution in [0.3, 0.4) is 0 Å². The predicted molar refractivity (Wildman–Crippen MR) is 169 cm³/mol. The van der Waals surface area contributed by atoms with Crippen molar-refractivity contribution in [3.05, 3.63) is 80.2 Å². The lowest BCUT2D eigenvalue weighted by Crippen LogP contribution is -2.37. The fraction of sp³-hybridized carbons (Fsp3) is 0.429. The average molecular weight is 612 g/mol. The number of ketones is 2. The number of halogens is 2. The van der Waals surface area contributed by atoms with E-state index in [1.165, 1.54) is 19.1 Å². The maximum Gasteiger partial charge on any atom is 0.305 e. The molecule has 0 aromatic heterocycles. The molecule has 0 aliphatic rings. The number of Topliss-reactive ketones (excluding diaryl/α,β-unsaturated/α-hetero) is 2. The van der Waals surface area contributed by atoms with Gasteiger partial charge in [0.1, 0.15) is 5.82 Å². The van der Waals surface area contributed by atoms with Crippen molar-refractivity contribution in [2.75, 3.05) is 0 Å². The molecule has 0 saturated heterocycles. The lowest BCUT2D eigenvalue weighted by molar-refractivity contribution is -0.138. The van der Waals surface area contributed by atoms with Crippen molar-refractivity contribution < 1.29 is 28.7 Å². The fourth-order valence-electron chi connectivity index (χ4n) is 5.38. The first-order valence-corrected chi connectivity index (χ1v) is 14.8. The van der Waals surface area contributed by atoms with Crippen LogP contribution in [0.4, 0.5) is 4.39 Å². The van der Waals surface area contributed by atoms with Gasteiger partial charge in [-0.2, -0.15) is 0 Å². The molecule has 2 rings (SSSR count). The van der Waals surface area contributed by atoms with Crippen molar-refractivity contribution in [2.45, 2.75) is 87.6 Å². The van der Waals surface area contributed by atoms with E-state index >= 15 is 4.39 Å². The van der Waals surface area contributed by atoms with Gasteiger partial charge < -0.3 is 10.4 Å². The quantitative estimate of drug-likeness (QED) is 0.103. The van der Waals surface area contributed by atoms with Gasteiger partial charge in [0.05, 0.1) is 18.0 Å². The van der Waals surface area contributed by atoms with Crippen molar-refractivity contribution in [3.63, 3.8) is 0 Å². The first-order chi connectivity index (χ1) is 19.9. The molecule has 0 aliphatic carbocycles. The Hall–Kier alpha value is -3.58. The van der Waals surface area contributed by atoms with Crippen LogP contribution in [0, 0.1) is 45.3 Å². The Morgan fingerprint density at radius 3 is 2.02 bits per heavy atom. The number of carboxylic acids is 1. The van der Waals surface area contributed by atoms with Crippen molar-refractivity contribution in [1.29, 1.82) is 0 Å². The normalized spacial score (nSPS) is 13.0. The molecule has 0 saturated carbocycles. The minimum absolute atomic E-state index is 0.0163. The van der Waals surface area contributed by atoms with Gasteiger partial charge in [0.2, 0.25) is 5.91 Å². The number of carboxylic acid groups (broad SMARTS) is 1.